The van der Waals surface area contributed by atoms with Gasteiger partial charge in [0, 0.05) is 29.4 Å². The Morgan fingerprint density at radius 1 is 1.15 bits per heavy atom. The highest BCUT2D eigenvalue weighted by molar-refractivity contribution is 6.30. The van der Waals surface area contributed by atoms with Crippen LogP contribution in [-0.2, 0) is 14.3 Å². The number of esters is 1. The van der Waals surface area contributed by atoms with Crippen molar-refractivity contribution in [2.75, 3.05) is 23.4 Å². The Labute approximate surface area is 162 Å². The molecule has 1 heterocycles. The molecule has 1 fully saturated rings. The standard InChI is InChI=1S/C20H19ClN2O4/c1-2-27-20(26)13-3-7-16(8-4-13)22-19(25)14-11-18(24)23(12-14)17-9-5-15(21)6-10-17/h3-10,14H,2,11-12H2,1H3,(H,22,25). The van der Waals surface area contributed by atoms with Crippen LogP contribution in [0.15, 0.2) is 48.5 Å². The van der Waals surface area contributed by atoms with E-state index in [1.807, 2.05) is 0 Å². The Morgan fingerprint density at radius 2 is 1.81 bits per heavy atom. The van der Waals surface area contributed by atoms with Crippen molar-refractivity contribution >= 4 is 40.8 Å². The Morgan fingerprint density at radius 3 is 2.44 bits per heavy atom. The summed E-state index contributed by atoms with van der Waals surface area (Å²) < 4.78 is 4.93. The normalized spacial score (nSPS) is 16.3. The van der Waals surface area contributed by atoms with Gasteiger partial charge in [-0.2, -0.15) is 0 Å². The number of nitrogens with one attached hydrogen (secondary N) is 1. The number of anilines is 2. The summed E-state index contributed by atoms with van der Waals surface area (Å²) in [6, 6.07) is 13.4. The number of amides is 2. The molecule has 140 valence electrons. The Hall–Kier alpha value is -2.86. The van der Waals surface area contributed by atoms with E-state index >= 15 is 0 Å². The van der Waals surface area contributed by atoms with Crippen molar-refractivity contribution in [3.05, 3.63) is 59.1 Å². The molecule has 1 saturated heterocycles. The molecule has 1 aliphatic rings. The zero-order valence-corrected chi connectivity index (χ0v) is 15.5. The summed E-state index contributed by atoms with van der Waals surface area (Å²) in [6.45, 7) is 2.35. The highest BCUT2D eigenvalue weighted by Gasteiger charge is 2.35. The number of carbonyl (C=O) groups excluding carboxylic acids is 3. The fraction of sp³-hybridized carbons (Fsp3) is 0.250. The van der Waals surface area contributed by atoms with E-state index in [1.54, 1.807) is 60.4 Å². The Kier molecular flexibility index (Phi) is 5.76. The first-order valence-electron chi connectivity index (χ1n) is 8.62. The number of hydrogen-bond acceptors (Lipinski definition) is 4. The summed E-state index contributed by atoms with van der Waals surface area (Å²) in [4.78, 5) is 38.0. The maximum Gasteiger partial charge on any atom is 0.338 e. The molecule has 0 radical (unpaired) electrons. The highest BCUT2D eigenvalue weighted by atomic mass is 35.5. The summed E-state index contributed by atoms with van der Waals surface area (Å²) in [5.41, 5.74) is 1.70. The van der Waals surface area contributed by atoms with E-state index in [4.69, 9.17) is 16.3 Å². The monoisotopic (exact) mass is 386 g/mol. The van der Waals surface area contributed by atoms with E-state index in [0.717, 1.165) is 5.69 Å². The van der Waals surface area contributed by atoms with Gasteiger partial charge in [-0.3, -0.25) is 9.59 Å². The van der Waals surface area contributed by atoms with Crippen LogP contribution >= 0.6 is 11.6 Å². The minimum Gasteiger partial charge on any atom is -0.462 e. The van der Waals surface area contributed by atoms with Crippen LogP contribution in [0.4, 0.5) is 11.4 Å². The van der Waals surface area contributed by atoms with Gasteiger partial charge >= 0.3 is 5.97 Å². The summed E-state index contributed by atoms with van der Waals surface area (Å²) in [5.74, 6) is -1.19. The molecule has 7 heteroatoms. The number of ether oxygens (including phenoxy) is 1. The summed E-state index contributed by atoms with van der Waals surface area (Å²) in [5, 5.41) is 3.38. The van der Waals surface area contributed by atoms with Crippen LogP contribution in [0.3, 0.4) is 0 Å². The maximum absolute atomic E-state index is 12.5. The average molecular weight is 387 g/mol. The maximum atomic E-state index is 12.5. The van der Waals surface area contributed by atoms with Gasteiger partial charge in [-0.15, -0.1) is 0 Å². The van der Waals surface area contributed by atoms with Crippen LogP contribution in [0.2, 0.25) is 5.02 Å². The molecular weight excluding hydrogens is 368 g/mol. The number of rotatable bonds is 5. The predicted octanol–water partition coefficient (Wildman–Crippen LogP) is 3.51. The van der Waals surface area contributed by atoms with Crippen molar-refractivity contribution in [2.24, 2.45) is 5.92 Å². The van der Waals surface area contributed by atoms with E-state index in [9.17, 15) is 14.4 Å². The van der Waals surface area contributed by atoms with Crippen molar-refractivity contribution in [1.82, 2.24) is 0 Å². The van der Waals surface area contributed by atoms with Crippen molar-refractivity contribution in [1.29, 1.82) is 0 Å². The first-order valence-corrected chi connectivity index (χ1v) is 8.99. The lowest BCUT2D eigenvalue weighted by Crippen LogP contribution is -2.28. The molecule has 0 bridgehead atoms. The summed E-state index contributed by atoms with van der Waals surface area (Å²) in [7, 11) is 0. The van der Waals surface area contributed by atoms with E-state index < -0.39 is 11.9 Å². The molecule has 6 nitrogen and oxygen atoms in total. The van der Waals surface area contributed by atoms with Gasteiger partial charge in [0.25, 0.3) is 0 Å². The second kappa shape index (κ2) is 8.22. The lowest BCUT2D eigenvalue weighted by molar-refractivity contribution is -0.122. The minimum atomic E-state index is -0.446. The zero-order chi connectivity index (χ0) is 19.4. The molecule has 3 rings (SSSR count). The van der Waals surface area contributed by atoms with Crippen LogP contribution in [0.25, 0.3) is 0 Å². The molecule has 0 saturated carbocycles. The van der Waals surface area contributed by atoms with Crippen molar-refractivity contribution in [2.45, 2.75) is 13.3 Å². The van der Waals surface area contributed by atoms with Crippen LogP contribution < -0.4 is 10.2 Å². The minimum absolute atomic E-state index is 0.102. The van der Waals surface area contributed by atoms with Gasteiger partial charge in [-0.25, -0.2) is 4.79 Å². The smallest absolute Gasteiger partial charge is 0.338 e. The van der Waals surface area contributed by atoms with Gasteiger partial charge < -0.3 is 15.0 Å². The summed E-state index contributed by atoms with van der Waals surface area (Å²) >= 11 is 5.88. The molecule has 2 aromatic rings. The molecule has 0 spiro atoms. The van der Waals surface area contributed by atoms with Gasteiger partial charge in [0.05, 0.1) is 18.1 Å². The number of carbonyl (C=O) groups is 3. The number of nitrogens with zero attached hydrogens (tertiary/aromatic N) is 1. The second-order valence-corrected chi connectivity index (χ2v) is 6.61. The van der Waals surface area contributed by atoms with Crippen molar-refractivity contribution in [3.8, 4) is 0 Å². The molecular formula is C20H19ClN2O4. The molecule has 1 N–H and O–H groups in total. The van der Waals surface area contributed by atoms with Gasteiger partial charge in [0.1, 0.15) is 0 Å². The Balaban J connectivity index is 1.62. The van der Waals surface area contributed by atoms with Crippen LogP contribution in [0, 0.1) is 5.92 Å². The van der Waals surface area contributed by atoms with E-state index in [2.05, 4.69) is 5.32 Å². The van der Waals surface area contributed by atoms with Crippen LogP contribution in [0.5, 0.6) is 0 Å². The fourth-order valence-electron chi connectivity index (χ4n) is 2.90. The predicted molar refractivity (Wildman–Crippen MR) is 103 cm³/mol. The molecule has 27 heavy (non-hydrogen) atoms. The molecule has 0 aromatic heterocycles. The van der Waals surface area contributed by atoms with E-state index in [1.165, 1.54) is 0 Å². The third-order valence-corrected chi connectivity index (χ3v) is 4.55. The molecule has 0 aliphatic carbocycles. The first kappa shape index (κ1) is 18.9. The van der Waals surface area contributed by atoms with Gasteiger partial charge in [-0.1, -0.05) is 11.6 Å². The lowest BCUT2D eigenvalue weighted by Gasteiger charge is -2.16. The quantitative estimate of drug-likeness (QED) is 0.798. The SMILES string of the molecule is CCOC(=O)c1ccc(NC(=O)C2CC(=O)N(c3ccc(Cl)cc3)C2)cc1. The van der Waals surface area contributed by atoms with Gasteiger partial charge in [0.2, 0.25) is 11.8 Å². The number of hydrogen-bond donors (Lipinski definition) is 1. The largest absolute Gasteiger partial charge is 0.462 e. The third-order valence-electron chi connectivity index (χ3n) is 4.30. The number of benzene rings is 2. The van der Waals surface area contributed by atoms with E-state index in [0.29, 0.717) is 29.4 Å². The first-order chi connectivity index (χ1) is 13.0. The summed E-state index contributed by atoms with van der Waals surface area (Å²) in [6.07, 6.45) is 0.148. The highest BCUT2D eigenvalue weighted by Crippen LogP contribution is 2.27. The Bertz CT molecular complexity index is 849. The van der Waals surface area contributed by atoms with E-state index in [-0.39, 0.29) is 18.2 Å². The molecule has 2 aromatic carbocycles. The third kappa shape index (κ3) is 4.46. The second-order valence-electron chi connectivity index (χ2n) is 6.17. The zero-order valence-electron chi connectivity index (χ0n) is 14.8. The fourth-order valence-corrected chi connectivity index (χ4v) is 3.03. The van der Waals surface area contributed by atoms with Gasteiger partial charge in [-0.05, 0) is 55.5 Å². The molecule has 1 aliphatic heterocycles. The van der Waals surface area contributed by atoms with Gasteiger partial charge in [0.15, 0.2) is 0 Å². The lowest BCUT2D eigenvalue weighted by atomic mass is 10.1. The topological polar surface area (TPSA) is 75.7 Å². The van der Waals surface area contributed by atoms with Crippen molar-refractivity contribution < 1.29 is 19.1 Å². The van der Waals surface area contributed by atoms with Crippen LogP contribution in [-0.4, -0.2) is 30.9 Å². The van der Waals surface area contributed by atoms with Crippen molar-refractivity contribution in [3.63, 3.8) is 0 Å². The molecule has 2 amide bonds. The molecule has 1 unspecified atom stereocenters. The number of halogens is 1. The average Bonchev–Trinajstić information content (AvgIpc) is 3.05. The molecule has 1 atom stereocenters. The van der Waals surface area contributed by atoms with Crippen LogP contribution in [0.1, 0.15) is 23.7 Å².